The number of aromatic nitrogens is 2. The standard InChI is InChI=1S/C20H16N2O3S2/c1-12(23)10-27-20-21-18-17(15(11-26-18)16-9-8-13(2)25-16)19(24)22(20)14-6-4-3-5-7-14/h3-9,11H,10H2,1-2H3. The van der Waals surface area contributed by atoms with Crippen LogP contribution in [0.4, 0.5) is 0 Å². The van der Waals surface area contributed by atoms with E-state index in [4.69, 9.17) is 4.42 Å². The lowest BCUT2D eigenvalue weighted by atomic mass is 10.2. The molecule has 0 aliphatic heterocycles. The van der Waals surface area contributed by atoms with Gasteiger partial charge in [-0.25, -0.2) is 4.98 Å². The number of furan rings is 1. The Morgan fingerprint density at radius 3 is 2.67 bits per heavy atom. The highest BCUT2D eigenvalue weighted by molar-refractivity contribution is 7.99. The fourth-order valence-corrected chi connectivity index (χ4v) is 4.58. The second-order valence-corrected chi connectivity index (χ2v) is 7.90. The van der Waals surface area contributed by atoms with Gasteiger partial charge in [-0.1, -0.05) is 30.0 Å². The van der Waals surface area contributed by atoms with Gasteiger partial charge in [0.2, 0.25) is 0 Å². The summed E-state index contributed by atoms with van der Waals surface area (Å²) in [6.45, 7) is 3.40. The highest BCUT2D eigenvalue weighted by Gasteiger charge is 2.20. The molecule has 3 aromatic heterocycles. The molecule has 4 rings (SSSR count). The second kappa shape index (κ2) is 7.17. The molecule has 0 radical (unpaired) electrons. The minimum atomic E-state index is -0.164. The molecular formula is C20H16N2O3S2. The molecule has 136 valence electrons. The van der Waals surface area contributed by atoms with Gasteiger partial charge in [-0.05, 0) is 38.1 Å². The van der Waals surface area contributed by atoms with Crippen LogP contribution in [-0.2, 0) is 4.79 Å². The minimum absolute atomic E-state index is 0.0342. The van der Waals surface area contributed by atoms with E-state index in [2.05, 4.69) is 4.98 Å². The summed E-state index contributed by atoms with van der Waals surface area (Å²) < 4.78 is 7.30. The first kappa shape index (κ1) is 17.8. The zero-order valence-electron chi connectivity index (χ0n) is 14.8. The molecule has 27 heavy (non-hydrogen) atoms. The smallest absolute Gasteiger partial charge is 0.268 e. The molecule has 0 unspecified atom stereocenters. The van der Waals surface area contributed by atoms with Crippen LogP contribution in [0.5, 0.6) is 0 Å². The summed E-state index contributed by atoms with van der Waals surface area (Å²) in [5.74, 6) is 1.74. The fraction of sp³-hybridized carbons (Fsp3) is 0.150. The van der Waals surface area contributed by atoms with Crippen molar-refractivity contribution in [1.29, 1.82) is 0 Å². The number of para-hydroxylation sites is 1. The molecule has 1 aromatic carbocycles. The summed E-state index contributed by atoms with van der Waals surface area (Å²) in [4.78, 5) is 30.2. The Morgan fingerprint density at radius 2 is 2.00 bits per heavy atom. The van der Waals surface area contributed by atoms with E-state index in [0.717, 1.165) is 17.0 Å². The van der Waals surface area contributed by atoms with Gasteiger partial charge in [-0.3, -0.25) is 14.2 Å². The van der Waals surface area contributed by atoms with Crippen molar-refractivity contribution in [1.82, 2.24) is 9.55 Å². The molecule has 5 nitrogen and oxygen atoms in total. The van der Waals surface area contributed by atoms with Crippen molar-refractivity contribution in [2.75, 3.05) is 5.75 Å². The molecule has 7 heteroatoms. The largest absolute Gasteiger partial charge is 0.461 e. The number of benzene rings is 1. The van der Waals surface area contributed by atoms with Crippen LogP contribution in [0, 0.1) is 6.92 Å². The Morgan fingerprint density at radius 1 is 1.22 bits per heavy atom. The summed E-state index contributed by atoms with van der Waals surface area (Å²) in [6, 6.07) is 13.1. The number of carbonyl (C=O) groups is 1. The van der Waals surface area contributed by atoms with Crippen molar-refractivity contribution in [3.05, 3.63) is 64.0 Å². The van der Waals surface area contributed by atoms with E-state index in [1.165, 1.54) is 30.0 Å². The van der Waals surface area contributed by atoms with Crippen LogP contribution in [0.1, 0.15) is 12.7 Å². The Labute approximate surface area is 163 Å². The van der Waals surface area contributed by atoms with E-state index in [1.54, 1.807) is 4.57 Å². The monoisotopic (exact) mass is 396 g/mol. The number of thioether (sulfide) groups is 1. The number of carbonyl (C=O) groups excluding carboxylic acids is 1. The number of hydrogen-bond donors (Lipinski definition) is 0. The number of Topliss-reactive ketones (excluding diaryl/α,β-unsaturated/α-hetero) is 1. The third-order valence-electron chi connectivity index (χ3n) is 4.00. The number of aryl methyl sites for hydroxylation is 1. The molecular weight excluding hydrogens is 380 g/mol. The zero-order valence-corrected chi connectivity index (χ0v) is 16.4. The highest BCUT2D eigenvalue weighted by Crippen LogP contribution is 2.33. The van der Waals surface area contributed by atoms with Crippen LogP contribution < -0.4 is 5.56 Å². The van der Waals surface area contributed by atoms with Crippen molar-refractivity contribution < 1.29 is 9.21 Å². The molecule has 0 aliphatic carbocycles. The first-order chi connectivity index (χ1) is 13.0. The van der Waals surface area contributed by atoms with E-state index in [1.807, 2.05) is 54.8 Å². The fourth-order valence-electron chi connectivity index (χ4n) is 2.80. The normalized spacial score (nSPS) is 11.2. The van der Waals surface area contributed by atoms with Gasteiger partial charge < -0.3 is 4.42 Å². The maximum Gasteiger partial charge on any atom is 0.268 e. The molecule has 0 aliphatic rings. The molecule has 0 spiro atoms. The first-order valence-electron chi connectivity index (χ1n) is 8.33. The van der Waals surface area contributed by atoms with E-state index < -0.39 is 0 Å². The van der Waals surface area contributed by atoms with Gasteiger partial charge in [-0.2, -0.15) is 0 Å². The zero-order chi connectivity index (χ0) is 19.0. The summed E-state index contributed by atoms with van der Waals surface area (Å²) in [5, 5.41) is 2.94. The van der Waals surface area contributed by atoms with Crippen molar-refractivity contribution in [3.8, 4) is 17.0 Å². The van der Waals surface area contributed by atoms with Crippen molar-refractivity contribution in [2.24, 2.45) is 0 Å². The average molecular weight is 396 g/mol. The van der Waals surface area contributed by atoms with Crippen molar-refractivity contribution in [3.63, 3.8) is 0 Å². The number of fused-ring (bicyclic) bond motifs is 1. The van der Waals surface area contributed by atoms with E-state index in [9.17, 15) is 9.59 Å². The van der Waals surface area contributed by atoms with Crippen LogP contribution in [0.2, 0.25) is 0 Å². The molecule has 0 N–H and O–H groups in total. The van der Waals surface area contributed by atoms with Gasteiger partial charge in [0.15, 0.2) is 5.16 Å². The lowest BCUT2D eigenvalue weighted by molar-refractivity contribution is -0.114. The predicted octanol–water partition coefficient (Wildman–Crippen LogP) is 4.70. The van der Waals surface area contributed by atoms with E-state index >= 15 is 0 Å². The average Bonchev–Trinajstić information content (AvgIpc) is 3.27. The Hall–Kier alpha value is -2.64. The Balaban J connectivity index is 1.98. The SMILES string of the molecule is CC(=O)CSc1nc2scc(-c3ccc(C)o3)c2c(=O)n1-c1ccccc1. The lowest BCUT2D eigenvalue weighted by Gasteiger charge is -2.11. The quantitative estimate of drug-likeness (QED) is 0.361. The van der Waals surface area contributed by atoms with E-state index in [0.29, 0.717) is 21.1 Å². The van der Waals surface area contributed by atoms with Gasteiger partial charge in [0.25, 0.3) is 5.56 Å². The van der Waals surface area contributed by atoms with Gasteiger partial charge >= 0.3 is 0 Å². The van der Waals surface area contributed by atoms with Gasteiger partial charge in [0, 0.05) is 10.9 Å². The minimum Gasteiger partial charge on any atom is -0.461 e. The highest BCUT2D eigenvalue weighted by atomic mass is 32.2. The first-order valence-corrected chi connectivity index (χ1v) is 10.2. The topological polar surface area (TPSA) is 65.1 Å². The third kappa shape index (κ3) is 3.36. The van der Waals surface area contributed by atoms with Crippen LogP contribution in [0.15, 0.2) is 62.2 Å². The number of rotatable bonds is 5. The lowest BCUT2D eigenvalue weighted by Crippen LogP contribution is -2.21. The van der Waals surface area contributed by atoms with Crippen LogP contribution in [-0.4, -0.2) is 21.1 Å². The summed E-state index contributed by atoms with van der Waals surface area (Å²) in [6.07, 6.45) is 0. The molecule has 0 amide bonds. The molecule has 0 bridgehead atoms. The number of nitrogens with zero attached hydrogens (tertiary/aromatic N) is 2. The molecule has 0 atom stereocenters. The van der Waals surface area contributed by atoms with Crippen LogP contribution in [0.25, 0.3) is 27.2 Å². The third-order valence-corrected chi connectivity index (χ3v) is 5.96. The number of ketones is 1. The van der Waals surface area contributed by atoms with Gasteiger partial charge in [0.1, 0.15) is 22.1 Å². The Kier molecular flexibility index (Phi) is 4.72. The maximum atomic E-state index is 13.4. The molecule has 0 saturated carbocycles. The van der Waals surface area contributed by atoms with Crippen LogP contribution >= 0.6 is 23.1 Å². The maximum absolute atomic E-state index is 13.4. The summed E-state index contributed by atoms with van der Waals surface area (Å²) >= 11 is 2.68. The van der Waals surface area contributed by atoms with Gasteiger partial charge in [-0.15, -0.1) is 11.3 Å². The van der Waals surface area contributed by atoms with Gasteiger partial charge in [0.05, 0.1) is 16.8 Å². The second-order valence-electron chi connectivity index (χ2n) is 6.10. The predicted molar refractivity (Wildman–Crippen MR) is 109 cm³/mol. The number of thiophene rings is 1. The van der Waals surface area contributed by atoms with Crippen LogP contribution in [0.3, 0.4) is 0 Å². The molecule has 0 fully saturated rings. The van der Waals surface area contributed by atoms with Crippen molar-refractivity contribution in [2.45, 2.75) is 19.0 Å². The summed E-state index contributed by atoms with van der Waals surface area (Å²) in [5.41, 5.74) is 1.30. The van der Waals surface area contributed by atoms with E-state index in [-0.39, 0.29) is 17.1 Å². The molecule has 0 saturated heterocycles. The molecule has 4 aromatic rings. The van der Waals surface area contributed by atoms with Crippen molar-refractivity contribution >= 4 is 39.1 Å². The number of hydrogen-bond acceptors (Lipinski definition) is 6. The summed E-state index contributed by atoms with van der Waals surface area (Å²) in [7, 11) is 0. The molecule has 3 heterocycles. The Bertz CT molecular complexity index is 1190.